The van der Waals surface area contributed by atoms with E-state index in [9.17, 15) is 14.4 Å². The van der Waals surface area contributed by atoms with E-state index in [-0.39, 0.29) is 29.8 Å². The molecule has 5 aromatic rings. The number of thiazole rings is 1. The van der Waals surface area contributed by atoms with E-state index >= 15 is 0 Å². The number of hydrogen-bond acceptors (Lipinski definition) is 10. The van der Waals surface area contributed by atoms with Crippen LogP contribution in [0.15, 0.2) is 99.6 Å². The van der Waals surface area contributed by atoms with Gasteiger partial charge in [0.1, 0.15) is 12.6 Å². The van der Waals surface area contributed by atoms with E-state index in [2.05, 4.69) is 0 Å². The predicted molar refractivity (Wildman–Crippen MR) is 190 cm³/mol. The summed E-state index contributed by atoms with van der Waals surface area (Å²) >= 11 is 9.38. The average Bonchev–Trinajstić information content (AvgIpc) is 3.76. The zero-order chi connectivity index (χ0) is 34.5. The van der Waals surface area contributed by atoms with E-state index in [1.54, 1.807) is 60.9 Å². The third kappa shape index (κ3) is 7.10. The molecular weight excluding hydrogens is 684 g/mol. The maximum atomic E-state index is 14.2. The first-order valence-electron chi connectivity index (χ1n) is 15.4. The molecule has 0 saturated heterocycles. The lowest BCUT2D eigenvalue weighted by Gasteiger charge is -2.24. The van der Waals surface area contributed by atoms with Crippen LogP contribution in [-0.2, 0) is 20.9 Å². The lowest BCUT2D eigenvalue weighted by molar-refractivity contribution is -0.138. The molecule has 0 fully saturated rings. The number of fused-ring (bicyclic) bond motifs is 1. The summed E-state index contributed by atoms with van der Waals surface area (Å²) in [4.78, 5) is 45.8. The van der Waals surface area contributed by atoms with Gasteiger partial charge in [-0.25, -0.2) is 14.6 Å². The van der Waals surface area contributed by atoms with E-state index in [1.807, 2.05) is 47.8 Å². The fraction of sp³-hybridized carbons (Fsp3) is 0.189. The van der Waals surface area contributed by atoms with Crippen molar-refractivity contribution in [2.45, 2.75) is 26.5 Å². The summed E-state index contributed by atoms with van der Waals surface area (Å²) in [5.74, 6) is -0.204. The standard InChI is InChI=1S/C37H31ClN2O7S2/c1-4-45-35(42)25-15-13-22(14-16-25)21-47-33-26(38)18-23(19-27(33)44-3)20-29-34(41)40-32(28-12-9-17-48-28)30(36(43)46-5-2)31(39-37(40)49-29)24-10-7-6-8-11-24/h6-20,32H,4-5,21H2,1-3H3/b29-20-/t32-/m0/s1. The molecule has 0 N–H and O–H groups in total. The van der Waals surface area contributed by atoms with Crippen LogP contribution in [0.5, 0.6) is 11.5 Å². The Labute approximate surface area is 295 Å². The third-order valence-electron chi connectivity index (χ3n) is 7.58. The molecule has 1 aliphatic heterocycles. The molecule has 0 spiro atoms. The Balaban J connectivity index is 1.38. The number of methoxy groups -OCH3 is 1. The van der Waals surface area contributed by atoms with Gasteiger partial charge in [0.05, 0.1) is 46.7 Å². The fourth-order valence-electron chi connectivity index (χ4n) is 5.38. The summed E-state index contributed by atoms with van der Waals surface area (Å²) in [5, 5.41) is 2.20. The second kappa shape index (κ2) is 15.1. The molecule has 9 nitrogen and oxygen atoms in total. The van der Waals surface area contributed by atoms with Crippen molar-refractivity contribution >= 4 is 58.0 Å². The lowest BCUT2D eigenvalue weighted by Crippen LogP contribution is -2.39. The number of benzene rings is 3. The maximum absolute atomic E-state index is 14.2. The summed E-state index contributed by atoms with van der Waals surface area (Å²) < 4.78 is 24.2. The molecule has 3 aromatic carbocycles. The number of carbonyl (C=O) groups is 2. The molecule has 0 unspecified atom stereocenters. The number of hydrogen-bond donors (Lipinski definition) is 0. The Kier molecular flexibility index (Phi) is 10.4. The van der Waals surface area contributed by atoms with Crippen molar-refractivity contribution in [3.05, 3.63) is 142 Å². The molecule has 3 heterocycles. The zero-order valence-corrected chi connectivity index (χ0v) is 29.2. The zero-order valence-electron chi connectivity index (χ0n) is 26.8. The van der Waals surface area contributed by atoms with Crippen molar-refractivity contribution in [1.29, 1.82) is 0 Å². The number of ether oxygens (including phenoxy) is 4. The normalized spacial score (nSPS) is 14.2. The number of rotatable bonds is 11. The summed E-state index contributed by atoms with van der Waals surface area (Å²) in [7, 11) is 1.51. The predicted octanol–water partition coefficient (Wildman–Crippen LogP) is 6.41. The van der Waals surface area contributed by atoms with Gasteiger partial charge in [-0.05, 0) is 66.8 Å². The summed E-state index contributed by atoms with van der Waals surface area (Å²) in [6.07, 6.45) is 1.72. The number of nitrogens with zero attached hydrogens (tertiary/aromatic N) is 2. The van der Waals surface area contributed by atoms with Crippen molar-refractivity contribution in [1.82, 2.24) is 4.57 Å². The monoisotopic (exact) mass is 714 g/mol. The molecule has 12 heteroatoms. The van der Waals surface area contributed by atoms with E-state index < -0.39 is 12.0 Å². The van der Waals surface area contributed by atoms with Gasteiger partial charge in [0.2, 0.25) is 0 Å². The Morgan fingerprint density at radius 2 is 1.69 bits per heavy atom. The molecule has 0 radical (unpaired) electrons. The minimum Gasteiger partial charge on any atom is -0.493 e. The van der Waals surface area contributed by atoms with Gasteiger partial charge in [-0.3, -0.25) is 9.36 Å². The second-order valence-corrected chi connectivity index (χ2v) is 13.1. The van der Waals surface area contributed by atoms with Crippen molar-refractivity contribution in [2.24, 2.45) is 4.99 Å². The molecule has 1 aliphatic rings. The van der Waals surface area contributed by atoms with Gasteiger partial charge in [0, 0.05) is 10.4 Å². The fourth-order valence-corrected chi connectivity index (χ4v) is 7.48. The van der Waals surface area contributed by atoms with Crippen LogP contribution in [-0.4, -0.2) is 36.8 Å². The number of thiophene rings is 1. The highest BCUT2D eigenvalue weighted by molar-refractivity contribution is 7.10. The SMILES string of the molecule is CCOC(=O)C1=C(c2ccccc2)N=c2s/c(=C\c3cc(Cl)c(OCc4ccc(C(=O)OCC)cc4)c(OC)c3)c(=O)n2[C@H]1c1cccs1. The minimum atomic E-state index is -0.729. The Morgan fingerprint density at radius 3 is 2.37 bits per heavy atom. The third-order valence-corrected chi connectivity index (χ3v) is 9.77. The van der Waals surface area contributed by atoms with Crippen LogP contribution in [0.25, 0.3) is 11.8 Å². The number of carbonyl (C=O) groups excluding carboxylic acids is 2. The molecule has 250 valence electrons. The van der Waals surface area contributed by atoms with E-state index in [0.717, 1.165) is 16.0 Å². The van der Waals surface area contributed by atoms with Crippen molar-refractivity contribution < 1.29 is 28.5 Å². The molecule has 0 amide bonds. The molecule has 2 aromatic heterocycles. The van der Waals surface area contributed by atoms with E-state index in [1.165, 1.54) is 29.8 Å². The highest BCUT2D eigenvalue weighted by atomic mass is 35.5. The van der Waals surface area contributed by atoms with Crippen molar-refractivity contribution in [3.63, 3.8) is 0 Å². The topological polar surface area (TPSA) is 105 Å². The maximum Gasteiger partial charge on any atom is 0.338 e. The van der Waals surface area contributed by atoms with Gasteiger partial charge in [0.25, 0.3) is 5.56 Å². The van der Waals surface area contributed by atoms with Gasteiger partial charge in [0.15, 0.2) is 16.3 Å². The Hall–Kier alpha value is -4.97. The summed E-state index contributed by atoms with van der Waals surface area (Å²) in [6.45, 7) is 4.15. The van der Waals surface area contributed by atoms with Gasteiger partial charge in [-0.15, -0.1) is 11.3 Å². The highest BCUT2D eigenvalue weighted by Gasteiger charge is 2.35. The number of esters is 2. The largest absolute Gasteiger partial charge is 0.493 e. The van der Waals surface area contributed by atoms with Gasteiger partial charge in [-0.2, -0.15) is 0 Å². The molecule has 0 saturated carbocycles. The smallest absolute Gasteiger partial charge is 0.338 e. The molecule has 49 heavy (non-hydrogen) atoms. The van der Waals surface area contributed by atoms with Crippen molar-refractivity contribution in [2.75, 3.05) is 20.3 Å². The average molecular weight is 715 g/mol. The number of halogens is 1. The Morgan fingerprint density at radius 1 is 0.959 bits per heavy atom. The van der Waals surface area contributed by atoms with E-state index in [4.69, 9.17) is 35.5 Å². The first-order chi connectivity index (χ1) is 23.8. The van der Waals surface area contributed by atoms with Crippen LogP contribution in [0.1, 0.15) is 51.8 Å². The number of aromatic nitrogens is 1. The molecule has 0 aliphatic carbocycles. The van der Waals surface area contributed by atoms with Gasteiger partial charge >= 0.3 is 11.9 Å². The van der Waals surface area contributed by atoms with Crippen LogP contribution < -0.4 is 24.4 Å². The molecule has 1 atom stereocenters. The van der Waals surface area contributed by atoms with Crippen LogP contribution in [0.4, 0.5) is 0 Å². The minimum absolute atomic E-state index is 0.173. The lowest BCUT2D eigenvalue weighted by atomic mass is 9.97. The van der Waals surface area contributed by atoms with Crippen LogP contribution in [0.2, 0.25) is 5.02 Å². The molecule has 6 rings (SSSR count). The van der Waals surface area contributed by atoms with Crippen LogP contribution >= 0.6 is 34.3 Å². The van der Waals surface area contributed by atoms with Crippen LogP contribution in [0.3, 0.4) is 0 Å². The van der Waals surface area contributed by atoms with Gasteiger partial charge < -0.3 is 18.9 Å². The quantitative estimate of drug-likeness (QED) is 0.146. The van der Waals surface area contributed by atoms with E-state index in [0.29, 0.717) is 49.8 Å². The van der Waals surface area contributed by atoms with Crippen molar-refractivity contribution in [3.8, 4) is 11.5 Å². The Bertz CT molecular complexity index is 2210. The first-order valence-corrected chi connectivity index (χ1v) is 17.5. The summed E-state index contributed by atoms with van der Waals surface area (Å²) in [6, 6.07) is 22.8. The molecule has 0 bridgehead atoms. The summed E-state index contributed by atoms with van der Waals surface area (Å²) in [5.41, 5.74) is 3.08. The second-order valence-electron chi connectivity index (χ2n) is 10.7. The van der Waals surface area contributed by atoms with Crippen LogP contribution in [0, 0.1) is 0 Å². The van der Waals surface area contributed by atoms with Gasteiger partial charge in [-0.1, -0.05) is 71.5 Å². The highest BCUT2D eigenvalue weighted by Crippen LogP contribution is 2.38. The first kappa shape index (κ1) is 33.9. The molecular formula is C37H31ClN2O7S2.